The number of carbonyl (C=O) groups excluding carboxylic acids is 2. The summed E-state index contributed by atoms with van der Waals surface area (Å²) in [5.74, 6) is -4.76. The Hall–Kier alpha value is -1.92. The second-order valence-electron chi connectivity index (χ2n) is 9.64. The highest BCUT2D eigenvalue weighted by atomic mass is 16.6. The zero-order valence-corrected chi connectivity index (χ0v) is 16.9. The van der Waals surface area contributed by atoms with Crippen molar-refractivity contribution >= 4 is 23.9 Å². The maximum Gasteiger partial charge on any atom is 0.320 e. The van der Waals surface area contributed by atoms with E-state index >= 15 is 0 Å². The van der Waals surface area contributed by atoms with Crippen LogP contribution in [0.5, 0.6) is 0 Å². The summed E-state index contributed by atoms with van der Waals surface area (Å²) < 4.78 is 5.29. The van der Waals surface area contributed by atoms with Gasteiger partial charge in [0.15, 0.2) is 0 Å². The first-order valence-corrected chi connectivity index (χ1v) is 9.35. The molecule has 2 aliphatic carbocycles. The molecule has 0 aliphatic heterocycles. The fourth-order valence-electron chi connectivity index (χ4n) is 4.91. The number of rotatable bonds is 4. The molecular formula is C20H30O7. The van der Waals surface area contributed by atoms with Crippen LogP contribution in [0.1, 0.15) is 67.2 Å². The Bertz CT molecular complexity index is 634. The second kappa shape index (κ2) is 6.31. The Kier molecular flexibility index (Phi) is 5.00. The molecule has 2 unspecified atom stereocenters. The smallest absolute Gasteiger partial charge is 0.320 e. The first-order chi connectivity index (χ1) is 12.1. The summed E-state index contributed by atoms with van der Waals surface area (Å²) in [6, 6.07) is 0. The van der Waals surface area contributed by atoms with Gasteiger partial charge in [-0.15, -0.1) is 0 Å². The lowest BCUT2D eigenvalue weighted by molar-refractivity contribution is -0.181. The molecule has 7 nitrogen and oxygen atoms in total. The van der Waals surface area contributed by atoms with Crippen molar-refractivity contribution in [2.45, 2.75) is 67.2 Å². The van der Waals surface area contributed by atoms with Gasteiger partial charge in [0.2, 0.25) is 0 Å². The lowest BCUT2D eigenvalue weighted by Gasteiger charge is -2.41. The normalized spacial score (nSPS) is 37.0. The number of ether oxygens (including phenoxy) is 1. The summed E-state index contributed by atoms with van der Waals surface area (Å²) in [5, 5.41) is 18.9. The number of esters is 2. The molecular weight excluding hydrogens is 352 g/mol. The SMILES string of the molecule is CC1(C)C(C(=O)O)CC[C@@]1(C)C(=O)OC(=O)[C@]1(C)CCC(C(=O)O)C1(C)C. The van der Waals surface area contributed by atoms with E-state index in [-0.39, 0.29) is 0 Å². The maximum absolute atomic E-state index is 12.9. The predicted molar refractivity (Wildman–Crippen MR) is 95.6 cm³/mol. The molecule has 2 saturated carbocycles. The minimum atomic E-state index is -1.10. The molecule has 0 aromatic heterocycles. The summed E-state index contributed by atoms with van der Waals surface area (Å²) in [7, 11) is 0. The first kappa shape index (κ1) is 21.4. The fraction of sp³-hybridized carbons (Fsp3) is 0.800. The highest BCUT2D eigenvalue weighted by Gasteiger charge is 2.62. The van der Waals surface area contributed by atoms with Crippen LogP contribution >= 0.6 is 0 Å². The van der Waals surface area contributed by atoms with E-state index in [1.54, 1.807) is 41.5 Å². The van der Waals surface area contributed by atoms with Gasteiger partial charge in [0.25, 0.3) is 0 Å². The Morgan fingerprint density at radius 1 is 0.704 bits per heavy atom. The van der Waals surface area contributed by atoms with Crippen LogP contribution in [0.4, 0.5) is 0 Å². The molecule has 0 radical (unpaired) electrons. The van der Waals surface area contributed by atoms with Gasteiger partial charge in [-0.05, 0) is 50.4 Å². The van der Waals surface area contributed by atoms with Gasteiger partial charge in [0.1, 0.15) is 0 Å². The third kappa shape index (κ3) is 2.86. The van der Waals surface area contributed by atoms with Crippen molar-refractivity contribution in [1.82, 2.24) is 0 Å². The summed E-state index contributed by atoms with van der Waals surface area (Å²) in [5.41, 5.74) is -3.94. The average Bonchev–Trinajstić information content (AvgIpc) is 2.91. The molecule has 0 heterocycles. The molecule has 0 bridgehead atoms. The van der Waals surface area contributed by atoms with E-state index < -0.39 is 57.4 Å². The van der Waals surface area contributed by atoms with Crippen LogP contribution in [0.3, 0.4) is 0 Å². The van der Waals surface area contributed by atoms with E-state index in [1.165, 1.54) is 0 Å². The van der Waals surface area contributed by atoms with Gasteiger partial charge in [-0.1, -0.05) is 27.7 Å². The van der Waals surface area contributed by atoms with Crippen LogP contribution in [-0.4, -0.2) is 34.1 Å². The van der Waals surface area contributed by atoms with Gasteiger partial charge in [-0.3, -0.25) is 19.2 Å². The van der Waals surface area contributed by atoms with Gasteiger partial charge < -0.3 is 14.9 Å². The Morgan fingerprint density at radius 3 is 1.22 bits per heavy atom. The Balaban J connectivity index is 2.25. The lowest BCUT2D eigenvalue weighted by Crippen LogP contribution is -2.48. The molecule has 27 heavy (non-hydrogen) atoms. The van der Waals surface area contributed by atoms with E-state index in [0.717, 1.165) is 0 Å². The molecule has 2 rings (SSSR count). The second-order valence-corrected chi connectivity index (χ2v) is 9.64. The first-order valence-electron chi connectivity index (χ1n) is 9.35. The number of carbonyl (C=O) groups is 4. The molecule has 0 aromatic carbocycles. The molecule has 0 spiro atoms. The summed E-state index contributed by atoms with van der Waals surface area (Å²) >= 11 is 0. The van der Waals surface area contributed by atoms with E-state index in [4.69, 9.17) is 4.74 Å². The predicted octanol–water partition coefficient (Wildman–Crippen LogP) is 3.11. The summed E-state index contributed by atoms with van der Waals surface area (Å²) in [4.78, 5) is 48.9. The largest absolute Gasteiger partial charge is 0.481 e. The van der Waals surface area contributed by atoms with E-state index in [1.807, 2.05) is 0 Å². The lowest BCUT2D eigenvalue weighted by atomic mass is 9.65. The number of carboxylic acids is 2. The van der Waals surface area contributed by atoms with Crippen molar-refractivity contribution in [3.63, 3.8) is 0 Å². The van der Waals surface area contributed by atoms with E-state index in [9.17, 15) is 29.4 Å². The van der Waals surface area contributed by atoms with E-state index in [2.05, 4.69) is 0 Å². The fourth-order valence-corrected chi connectivity index (χ4v) is 4.91. The topological polar surface area (TPSA) is 118 Å². The van der Waals surface area contributed by atoms with Gasteiger partial charge in [-0.25, -0.2) is 0 Å². The van der Waals surface area contributed by atoms with Crippen LogP contribution in [0, 0.1) is 33.5 Å². The zero-order valence-electron chi connectivity index (χ0n) is 16.9. The van der Waals surface area contributed by atoms with Crippen molar-refractivity contribution in [3.05, 3.63) is 0 Å². The van der Waals surface area contributed by atoms with Crippen LogP contribution in [0.15, 0.2) is 0 Å². The zero-order chi connectivity index (χ0) is 21.0. The Morgan fingerprint density at radius 2 is 1.00 bits per heavy atom. The van der Waals surface area contributed by atoms with Gasteiger partial charge in [0.05, 0.1) is 22.7 Å². The maximum atomic E-state index is 12.9. The summed E-state index contributed by atoms with van der Waals surface area (Å²) in [6.07, 6.45) is 1.32. The highest BCUT2D eigenvalue weighted by molar-refractivity contribution is 5.93. The van der Waals surface area contributed by atoms with Crippen molar-refractivity contribution in [1.29, 1.82) is 0 Å². The van der Waals surface area contributed by atoms with Crippen molar-refractivity contribution < 1.29 is 34.1 Å². The minimum Gasteiger partial charge on any atom is -0.481 e. The molecule has 0 amide bonds. The Labute approximate surface area is 159 Å². The van der Waals surface area contributed by atoms with Gasteiger partial charge in [-0.2, -0.15) is 0 Å². The average molecular weight is 382 g/mol. The third-order valence-electron chi connectivity index (χ3n) is 8.14. The van der Waals surface area contributed by atoms with Crippen molar-refractivity contribution in [2.75, 3.05) is 0 Å². The van der Waals surface area contributed by atoms with Gasteiger partial charge >= 0.3 is 23.9 Å². The molecule has 2 aliphatic rings. The quantitative estimate of drug-likeness (QED) is 0.566. The van der Waals surface area contributed by atoms with E-state index in [0.29, 0.717) is 25.7 Å². The van der Waals surface area contributed by atoms with Crippen LogP contribution < -0.4 is 0 Å². The number of hydrogen-bond acceptors (Lipinski definition) is 5. The molecule has 152 valence electrons. The molecule has 4 atom stereocenters. The van der Waals surface area contributed by atoms with Crippen molar-refractivity contribution in [2.24, 2.45) is 33.5 Å². The molecule has 2 N–H and O–H groups in total. The number of hydrogen-bond donors (Lipinski definition) is 2. The number of carboxylic acid groups (broad SMARTS) is 2. The van der Waals surface area contributed by atoms with Crippen LogP contribution in [-0.2, 0) is 23.9 Å². The van der Waals surface area contributed by atoms with Crippen molar-refractivity contribution in [3.8, 4) is 0 Å². The van der Waals surface area contributed by atoms with Crippen LogP contribution in [0.2, 0.25) is 0 Å². The monoisotopic (exact) mass is 382 g/mol. The molecule has 0 aromatic rings. The summed E-state index contributed by atoms with van der Waals surface area (Å²) in [6.45, 7) is 10.2. The molecule has 2 fully saturated rings. The third-order valence-corrected chi connectivity index (χ3v) is 8.14. The standard InChI is InChI=1S/C20H30O7/c1-17(2)11(13(21)22)7-9-19(17,5)15(25)27-16(26)20(6)10-8-12(14(23)24)18(20,3)4/h11-12H,7-10H2,1-6H3,(H,21,22)(H,23,24)/t11?,12?,19-,20-/m0/s1. The van der Waals surface area contributed by atoms with Gasteiger partial charge in [0, 0.05) is 0 Å². The number of aliphatic carboxylic acids is 2. The highest BCUT2D eigenvalue weighted by Crippen LogP contribution is 2.59. The van der Waals surface area contributed by atoms with Crippen LogP contribution in [0.25, 0.3) is 0 Å². The molecule has 7 heteroatoms. The minimum absolute atomic E-state index is 0.320. The molecule has 0 saturated heterocycles.